The number of anilines is 3. The maximum Gasteiger partial charge on any atom is 0.139 e. The second kappa shape index (κ2) is 15.4. The summed E-state index contributed by atoms with van der Waals surface area (Å²) >= 11 is 0. The summed E-state index contributed by atoms with van der Waals surface area (Å²) in [5.74, 6) is 0. The van der Waals surface area contributed by atoms with Crippen LogP contribution in [0.25, 0.3) is 71.6 Å². The van der Waals surface area contributed by atoms with Crippen molar-refractivity contribution in [2.45, 2.75) is 0 Å². The Bertz CT molecular complexity index is 3250. The summed E-state index contributed by atoms with van der Waals surface area (Å²) in [7, 11) is 16.1. The van der Waals surface area contributed by atoms with Gasteiger partial charge in [-0.25, -0.2) is 0 Å². The van der Waals surface area contributed by atoms with Crippen LogP contribution >= 0.6 is 0 Å². The van der Waals surface area contributed by atoms with Gasteiger partial charge in [-0.05, 0) is 105 Å². The molecule has 2 nitrogen and oxygen atoms in total. The van der Waals surface area contributed by atoms with E-state index in [1.165, 1.54) is 104 Å². The zero-order valence-electron chi connectivity index (χ0n) is 36.1. The Morgan fingerprint density at radius 3 is 1.26 bits per heavy atom. The number of para-hydroxylation sites is 2. The zero-order chi connectivity index (χ0) is 41.9. The fourth-order valence-corrected chi connectivity index (χ4v) is 9.78. The van der Waals surface area contributed by atoms with Crippen molar-refractivity contribution in [3.8, 4) is 39.1 Å². The molecule has 61 heavy (non-hydrogen) atoms. The summed E-state index contributed by atoms with van der Waals surface area (Å²) in [5.41, 5.74) is 24.0. The van der Waals surface area contributed by atoms with Crippen LogP contribution in [0.3, 0.4) is 0 Å². The van der Waals surface area contributed by atoms with Crippen LogP contribution in [-0.4, -0.2) is 59.5 Å². The lowest BCUT2D eigenvalue weighted by molar-refractivity contribution is 1.18. The molecule has 1 heterocycles. The molecule has 0 fully saturated rings. The van der Waals surface area contributed by atoms with E-state index >= 15 is 0 Å². The molecule has 9 heteroatoms. The Balaban J connectivity index is 1.06. The smallest absolute Gasteiger partial charge is 0.139 e. The third-order valence-electron chi connectivity index (χ3n) is 13.6. The minimum absolute atomic E-state index is 1.10. The highest BCUT2D eigenvalue weighted by atomic mass is 15.1. The van der Waals surface area contributed by atoms with E-state index in [9.17, 15) is 0 Å². The first-order chi connectivity index (χ1) is 29.7. The normalized spacial score (nSPS) is 11.4. The highest BCUT2D eigenvalue weighted by molar-refractivity contribution is 6.71. The number of rotatable bonds is 7. The van der Waals surface area contributed by atoms with Gasteiger partial charge >= 0.3 is 0 Å². The van der Waals surface area contributed by atoms with Crippen LogP contribution < -0.4 is 43.1 Å². The monoisotopic (exact) mass is 772 g/mol. The lowest BCUT2D eigenvalue weighted by Crippen LogP contribution is -2.52. The van der Waals surface area contributed by atoms with Gasteiger partial charge in [0, 0.05) is 33.5 Å². The van der Waals surface area contributed by atoms with E-state index in [1.54, 1.807) is 0 Å². The van der Waals surface area contributed by atoms with Crippen molar-refractivity contribution in [3.63, 3.8) is 0 Å². The molecule has 0 aliphatic carbocycles. The summed E-state index contributed by atoms with van der Waals surface area (Å²) < 4.78 is 2.39. The Morgan fingerprint density at radius 1 is 0.311 bits per heavy atom. The molecule has 0 aliphatic heterocycles. The number of hydrogen-bond donors (Lipinski definition) is 0. The van der Waals surface area contributed by atoms with Gasteiger partial charge in [0.1, 0.15) is 54.9 Å². The van der Waals surface area contributed by atoms with E-state index < -0.39 is 0 Å². The number of nitrogens with zero attached hydrogens (tertiary/aromatic N) is 2. The van der Waals surface area contributed by atoms with E-state index in [1.807, 2.05) is 0 Å². The molecule has 10 aromatic rings. The molecular weight excluding hydrogens is 728 g/mol. The molecule has 10 rings (SSSR count). The van der Waals surface area contributed by atoms with Crippen molar-refractivity contribution in [2.24, 2.45) is 0 Å². The topological polar surface area (TPSA) is 8.17 Å². The highest BCUT2D eigenvalue weighted by Crippen LogP contribution is 2.39. The molecule has 0 saturated carbocycles. The van der Waals surface area contributed by atoms with Gasteiger partial charge in [0.05, 0.1) is 11.0 Å². The molecule has 0 amide bonds. The van der Waals surface area contributed by atoms with Gasteiger partial charge in [-0.1, -0.05) is 137 Å². The SMILES string of the molecule is Bc1c(B)c(B)c2c(-c3ccc(N(c4ccc(-c5ccccc5)cc4)c4ccc(-c5cccc(-n6c7ccccc7c7ccccc76)c5)cc4)cc3)c(B)c(B)c(B)c2c1B. The molecule has 0 bridgehead atoms. The minimum Gasteiger partial charge on any atom is -0.311 e. The molecule has 1 aromatic heterocycles. The molecule has 9 aromatic carbocycles. The predicted octanol–water partition coefficient (Wildman–Crippen LogP) is 2.22. The van der Waals surface area contributed by atoms with Crippen LogP contribution in [0.2, 0.25) is 0 Å². The van der Waals surface area contributed by atoms with Crippen LogP contribution in [0.15, 0.2) is 176 Å². The minimum atomic E-state index is 1.10. The van der Waals surface area contributed by atoms with Crippen LogP contribution in [0.1, 0.15) is 0 Å². The Labute approximate surface area is 365 Å². The van der Waals surface area contributed by atoms with Crippen molar-refractivity contribution >= 4 is 143 Å². The second-order valence-electron chi connectivity index (χ2n) is 16.8. The molecule has 0 aliphatic rings. The Hall–Kier alpha value is -6.71. The van der Waals surface area contributed by atoms with Gasteiger partial charge in [-0.2, -0.15) is 0 Å². The van der Waals surface area contributed by atoms with Gasteiger partial charge < -0.3 is 9.47 Å². The van der Waals surface area contributed by atoms with Crippen molar-refractivity contribution in [2.75, 3.05) is 4.90 Å². The predicted molar refractivity (Wildman–Crippen MR) is 287 cm³/mol. The number of aromatic nitrogens is 1. The van der Waals surface area contributed by atoms with Crippen LogP contribution in [0.4, 0.5) is 17.1 Å². The Morgan fingerprint density at radius 2 is 0.721 bits per heavy atom. The van der Waals surface area contributed by atoms with Gasteiger partial charge in [-0.3, -0.25) is 0 Å². The summed E-state index contributed by atoms with van der Waals surface area (Å²) in [6, 6.07) is 64.2. The maximum absolute atomic E-state index is 2.39. The molecular formula is C52H43B7N2. The van der Waals surface area contributed by atoms with Crippen LogP contribution in [0.5, 0.6) is 0 Å². The number of hydrogen-bond acceptors (Lipinski definition) is 1. The summed E-state index contributed by atoms with van der Waals surface area (Å²) in [6.45, 7) is 0. The largest absolute Gasteiger partial charge is 0.311 e. The molecule has 0 unspecified atom stereocenters. The zero-order valence-corrected chi connectivity index (χ0v) is 36.1. The third kappa shape index (κ3) is 6.46. The van der Waals surface area contributed by atoms with Gasteiger partial charge in [0.15, 0.2) is 0 Å². The van der Waals surface area contributed by atoms with E-state index in [0.29, 0.717) is 0 Å². The molecule has 0 spiro atoms. The van der Waals surface area contributed by atoms with E-state index in [-0.39, 0.29) is 0 Å². The lowest BCUT2D eigenvalue weighted by atomic mass is 9.59. The average Bonchev–Trinajstić information content (AvgIpc) is 3.65. The summed E-state index contributed by atoms with van der Waals surface area (Å²) in [5, 5.41) is 5.33. The van der Waals surface area contributed by atoms with Gasteiger partial charge in [-0.15, -0.1) is 16.4 Å². The maximum atomic E-state index is 2.39. The standard InChI is InChI=1S/C52H43B7N2/c53-46-43(44-45(48(55)50(46)57)49(56)52(59)51(58)47(44)54)33-21-27-37(28-22-33)60(35-23-17-31(18-24-35)30-9-2-1-3-10-30)36-25-19-32(20-26-36)34-11-8-12-38(29-34)61-41-15-6-4-13-39(41)40-14-5-7-16-42(40)61/h1-29H,53-59H2. The van der Waals surface area contributed by atoms with E-state index in [4.69, 9.17) is 0 Å². The van der Waals surface area contributed by atoms with Crippen LogP contribution in [-0.2, 0) is 0 Å². The van der Waals surface area contributed by atoms with E-state index in [0.717, 1.165) is 22.7 Å². The molecule has 282 valence electrons. The number of fused-ring (bicyclic) bond motifs is 4. The molecule has 0 saturated heterocycles. The molecule has 0 atom stereocenters. The van der Waals surface area contributed by atoms with Crippen LogP contribution in [0, 0.1) is 0 Å². The average molecular weight is 772 g/mol. The van der Waals surface area contributed by atoms with Crippen molar-refractivity contribution < 1.29 is 0 Å². The Kier molecular flexibility index (Phi) is 9.72. The van der Waals surface area contributed by atoms with Crippen molar-refractivity contribution in [1.82, 2.24) is 4.57 Å². The summed E-state index contributed by atoms with van der Waals surface area (Å²) in [6.07, 6.45) is 0. The highest BCUT2D eigenvalue weighted by Gasteiger charge is 2.20. The van der Waals surface area contributed by atoms with E-state index in [2.05, 4.69) is 240 Å². The lowest BCUT2D eigenvalue weighted by Gasteiger charge is -2.27. The van der Waals surface area contributed by atoms with Crippen molar-refractivity contribution in [3.05, 3.63) is 176 Å². The van der Waals surface area contributed by atoms with Gasteiger partial charge in [0.2, 0.25) is 0 Å². The summed E-state index contributed by atoms with van der Waals surface area (Å²) in [4.78, 5) is 2.38. The fourth-order valence-electron chi connectivity index (χ4n) is 9.78. The second-order valence-corrected chi connectivity index (χ2v) is 16.8. The molecule has 0 radical (unpaired) electrons. The van der Waals surface area contributed by atoms with Gasteiger partial charge in [0.25, 0.3) is 0 Å². The van der Waals surface area contributed by atoms with Crippen molar-refractivity contribution in [1.29, 1.82) is 0 Å². The first-order valence-electron chi connectivity index (χ1n) is 21.4. The first kappa shape index (κ1) is 38.5. The molecule has 0 N–H and O–H groups in total. The third-order valence-corrected chi connectivity index (χ3v) is 13.6. The first-order valence-corrected chi connectivity index (χ1v) is 21.4. The fraction of sp³-hybridized carbons (Fsp3) is 0. The number of benzene rings is 9. The quantitative estimate of drug-likeness (QED) is 0.226.